The first-order valence-corrected chi connectivity index (χ1v) is 8.43. The van der Waals surface area contributed by atoms with Gasteiger partial charge in [-0.25, -0.2) is 0 Å². The van der Waals surface area contributed by atoms with Gasteiger partial charge in [0.05, 0.1) is 12.2 Å². The van der Waals surface area contributed by atoms with Crippen LogP contribution in [0.15, 0.2) is 0 Å². The van der Waals surface area contributed by atoms with E-state index >= 15 is 0 Å². The largest absolute Gasteiger partial charge is 0.392 e. The topological polar surface area (TPSA) is 92.8 Å². The van der Waals surface area contributed by atoms with Gasteiger partial charge in [-0.3, -0.25) is 4.79 Å². The SMILES string of the molecule is CC[C@@H](C[C@H](C)[C@@]1(O)O[C@@H](C(C)C)[C@H](C)[C@H](O)[C@@H]1C)C(N)=O. The number of primary amides is 1. The molecule has 0 aliphatic carbocycles. The number of carbonyl (C=O) groups is 1. The lowest BCUT2D eigenvalue weighted by molar-refractivity contribution is -0.345. The summed E-state index contributed by atoms with van der Waals surface area (Å²) in [4.78, 5) is 11.5. The van der Waals surface area contributed by atoms with Gasteiger partial charge in [0.1, 0.15) is 0 Å². The Hall–Kier alpha value is -0.650. The van der Waals surface area contributed by atoms with Gasteiger partial charge in [-0.05, 0) is 18.8 Å². The second kappa shape index (κ2) is 7.28. The van der Waals surface area contributed by atoms with Crippen LogP contribution < -0.4 is 5.73 Å². The Labute approximate surface area is 134 Å². The van der Waals surface area contributed by atoms with Crippen molar-refractivity contribution in [2.24, 2.45) is 35.3 Å². The quantitative estimate of drug-likeness (QED) is 0.698. The lowest BCUT2D eigenvalue weighted by atomic mass is 9.72. The minimum absolute atomic E-state index is 0.0411. The summed E-state index contributed by atoms with van der Waals surface area (Å²) in [6.07, 6.45) is 0.240. The van der Waals surface area contributed by atoms with Crippen molar-refractivity contribution < 1.29 is 19.7 Å². The molecule has 1 heterocycles. The average Bonchev–Trinajstić information content (AvgIpc) is 2.45. The fourth-order valence-corrected chi connectivity index (χ4v) is 3.71. The van der Waals surface area contributed by atoms with Crippen LogP contribution in [0.3, 0.4) is 0 Å². The summed E-state index contributed by atoms with van der Waals surface area (Å²) in [6, 6.07) is 0. The molecule has 5 nitrogen and oxygen atoms in total. The van der Waals surface area contributed by atoms with Gasteiger partial charge in [0, 0.05) is 23.7 Å². The third-order valence-electron chi connectivity index (χ3n) is 5.44. The maximum absolute atomic E-state index is 11.5. The zero-order valence-electron chi connectivity index (χ0n) is 14.7. The molecule has 1 aliphatic rings. The Morgan fingerprint density at radius 2 is 1.86 bits per heavy atom. The second-order valence-electron chi connectivity index (χ2n) is 7.36. The van der Waals surface area contributed by atoms with E-state index in [0.717, 1.165) is 0 Å². The average molecular weight is 315 g/mol. The number of hydrogen-bond acceptors (Lipinski definition) is 4. The number of hydrogen-bond donors (Lipinski definition) is 3. The van der Waals surface area contributed by atoms with E-state index in [0.29, 0.717) is 12.8 Å². The Balaban J connectivity index is 2.99. The van der Waals surface area contributed by atoms with Crippen molar-refractivity contribution >= 4 is 5.91 Å². The molecule has 0 unspecified atom stereocenters. The minimum Gasteiger partial charge on any atom is -0.392 e. The highest BCUT2D eigenvalue weighted by Gasteiger charge is 2.53. The first-order chi connectivity index (χ1) is 10.1. The zero-order chi connectivity index (χ0) is 17.2. The maximum atomic E-state index is 11.5. The Bertz CT molecular complexity index is 387. The van der Waals surface area contributed by atoms with Crippen LogP contribution in [0.1, 0.15) is 54.4 Å². The summed E-state index contributed by atoms with van der Waals surface area (Å²) in [6.45, 7) is 11.6. The lowest BCUT2D eigenvalue weighted by Gasteiger charge is -2.52. The molecule has 1 saturated heterocycles. The molecule has 0 saturated carbocycles. The molecule has 1 rings (SSSR count). The molecule has 0 aromatic carbocycles. The number of ether oxygens (including phenoxy) is 1. The van der Waals surface area contributed by atoms with Gasteiger partial charge < -0.3 is 20.7 Å². The highest BCUT2D eigenvalue weighted by molar-refractivity contribution is 5.76. The second-order valence-corrected chi connectivity index (χ2v) is 7.36. The van der Waals surface area contributed by atoms with Gasteiger partial charge in [-0.15, -0.1) is 0 Å². The van der Waals surface area contributed by atoms with Crippen molar-refractivity contribution in [3.05, 3.63) is 0 Å². The summed E-state index contributed by atoms with van der Waals surface area (Å²) in [5, 5.41) is 21.6. The van der Waals surface area contributed by atoms with Crippen molar-refractivity contribution in [2.75, 3.05) is 0 Å². The number of carbonyl (C=O) groups excluding carboxylic acids is 1. The van der Waals surface area contributed by atoms with Gasteiger partial charge in [-0.2, -0.15) is 0 Å². The van der Waals surface area contributed by atoms with E-state index in [1.165, 1.54) is 0 Å². The predicted octanol–water partition coefficient (Wildman–Crippen LogP) is 1.90. The number of rotatable bonds is 6. The first kappa shape index (κ1) is 19.4. The molecular weight excluding hydrogens is 282 g/mol. The van der Waals surface area contributed by atoms with Crippen LogP contribution in [0, 0.1) is 29.6 Å². The molecule has 1 aliphatic heterocycles. The van der Waals surface area contributed by atoms with Crippen molar-refractivity contribution in [3.8, 4) is 0 Å². The third kappa shape index (κ3) is 3.63. The summed E-state index contributed by atoms with van der Waals surface area (Å²) < 4.78 is 6.06. The highest BCUT2D eigenvalue weighted by Crippen LogP contribution is 2.44. The Morgan fingerprint density at radius 3 is 2.27 bits per heavy atom. The van der Waals surface area contributed by atoms with Crippen LogP contribution in [0.5, 0.6) is 0 Å². The molecule has 0 bridgehead atoms. The van der Waals surface area contributed by atoms with Crippen LogP contribution in [-0.2, 0) is 9.53 Å². The first-order valence-electron chi connectivity index (χ1n) is 8.43. The van der Waals surface area contributed by atoms with E-state index < -0.39 is 17.8 Å². The molecule has 0 aromatic rings. The van der Waals surface area contributed by atoms with Crippen LogP contribution >= 0.6 is 0 Å². The number of aliphatic hydroxyl groups excluding tert-OH is 1. The van der Waals surface area contributed by atoms with Gasteiger partial charge >= 0.3 is 0 Å². The van der Waals surface area contributed by atoms with E-state index in [-0.39, 0.29) is 35.7 Å². The standard InChI is InChI=1S/C17H33NO4/c1-7-13(16(18)20)8-10(4)17(21)12(6)14(19)11(5)15(22-17)9(2)3/h9-15,19,21H,7-8H2,1-6H3,(H2,18,20)/t10-,11+,12-,13-,14-,15-,17+/m0/s1. The maximum Gasteiger partial charge on any atom is 0.220 e. The highest BCUT2D eigenvalue weighted by atomic mass is 16.6. The van der Waals surface area contributed by atoms with Crippen LogP contribution in [0.2, 0.25) is 0 Å². The van der Waals surface area contributed by atoms with Crippen LogP contribution in [-0.4, -0.2) is 34.1 Å². The molecule has 1 amide bonds. The number of amides is 1. The summed E-state index contributed by atoms with van der Waals surface area (Å²) in [5.74, 6) is -2.64. The fourth-order valence-electron chi connectivity index (χ4n) is 3.71. The van der Waals surface area contributed by atoms with Gasteiger partial charge in [0.2, 0.25) is 5.91 Å². The van der Waals surface area contributed by atoms with Crippen LogP contribution in [0.25, 0.3) is 0 Å². The molecule has 0 aromatic heterocycles. The summed E-state index contributed by atoms with van der Waals surface area (Å²) >= 11 is 0. The third-order valence-corrected chi connectivity index (χ3v) is 5.44. The molecule has 0 spiro atoms. The van der Waals surface area contributed by atoms with Gasteiger partial charge in [0.25, 0.3) is 0 Å². The van der Waals surface area contributed by atoms with Gasteiger partial charge in [0.15, 0.2) is 5.79 Å². The van der Waals surface area contributed by atoms with Gasteiger partial charge in [-0.1, -0.05) is 41.5 Å². The Morgan fingerprint density at radius 1 is 1.32 bits per heavy atom. The Kier molecular flexibility index (Phi) is 6.42. The van der Waals surface area contributed by atoms with Crippen molar-refractivity contribution in [1.82, 2.24) is 0 Å². The minimum atomic E-state index is -1.44. The molecule has 4 N–H and O–H groups in total. The molecule has 130 valence electrons. The van der Waals surface area contributed by atoms with Crippen molar-refractivity contribution in [2.45, 2.75) is 72.4 Å². The van der Waals surface area contributed by atoms with E-state index in [2.05, 4.69) is 0 Å². The molecular formula is C17H33NO4. The van der Waals surface area contributed by atoms with Crippen LogP contribution in [0.4, 0.5) is 0 Å². The molecule has 0 radical (unpaired) electrons. The van der Waals surface area contributed by atoms with Crippen molar-refractivity contribution in [1.29, 1.82) is 0 Å². The molecule has 7 atom stereocenters. The van der Waals surface area contributed by atoms with Crippen molar-refractivity contribution in [3.63, 3.8) is 0 Å². The van der Waals surface area contributed by atoms with E-state index in [4.69, 9.17) is 10.5 Å². The van der Waals surface area contributed by atoms with E-state index in [1.807, 2.05) is 34.6 Å². The smallest absolute Gasteiger partial charge is 0.220 e. The lowest BCUT2D eigenvalue weighted by Crippen LogP contribution is -2.61. The number of aliphatic hydroxyl groups is 2. The number of nitrogens with two attached hydrogens (primary N) is 1. The fraction of sp³-hybridized carbons (Fsp3) is 0.941. The summed E-state index contributed by atoms with van der Waals surface area (Å²) in [5.41, 5.74) is 5.42. The summed E-state index contributed by atoms with van der Waals surface area (Å²) in [7, 11) is 0. The zero-order valence-corrected chi connectivity index (χ0v) is 14.7. The predicted molar refractivity (Wildman–Crippen MR) is 85.8 cm³/mol. The molecule has 22 heavy (non-hydrogen) atoms. The van der Waals surface area contributed by atoms with E-state index in [1.54, 1.807) is 6.92 Å². The normalized spacial score (nSPS) is 38.8. The monoisotopic (exact) mass is 315 g/mol. The van der Waals surface area contributed by atoms with E-state index in [9.17, 15) is 15.0 Å². The molecule has 5 heteroatoms. The molecule has 1 fully saturated rings.